The molecule has 4 heterocycles. The van der Waals surface area contributed by atoms with Crippen molar-refractivity contribution in [2.75, 3.05) is 14.7 Å². The Balaban J connectivity index is 0.0000128. The zero-order chi connectivity index (χ0) is 101. The lowest BCUT2D eigenvalue weighted by Crippen LogP contribution is -2.46. The Hall–Kier alpha value is -20.9. The van der Waals surface area contributed by atoms with Gasteiger partial charge in [-0.3, -0.25) is 29.1 Å². The summed E-state index contributed by atoms with van der Waals surface area (Å²) in [7, 11) is 0. The van der Waals surface area contributed by atoms with Crippen LogP contribution in [0.2, 0.25) is 0 Å². The minimum atomic E-state index is -1.24. The molecule has 22 rings (SSSR count). The average molecular weight is 1920 g/mol. The van der Waals surface area contributed by atoms with Gasteiger partial charge in [0, 0.05) is 50.4 Å². The maximum absolute atomic E-state index is 15.2. The van der Waals surface area contributed by atoms with Crippen molar-refractivity contribution in [2.45, 2.75) is 44.8 Å². The number of amides is 3. The zero-order valence-electron chi connectivity index (χ0n) is 78.9. The monoisotopic (exact) mass is 1920 g/mol. The van der Waals surface area contributed by atoms with E-state index in [1.54, 1.807) is 72.8 Å². The number of ether oxygens (including phenoxy) is 6. The average Bonchev–Trinajstić information content (AvgIpc) is 1.54. The fourth-order valence-electron chi connectivity index (χ4n) is 20.1. The summed E-state index contributed by atoms with van der Waals surface area (Å²) in [6.07, 6.45) is 0. The van der Waals surface area contributed by atoms with E-state index in [2.05, 4.69) is 32.7 Å². The Morgan fingerprint density at radius 3 is 0.743 bits per heavy atom. The number of carbonyl (C=O) groups is 3. The first-order chi connectivity index (χ1) is 72.0. The number of hydrogen-bond donors (Lipinski definition) is 0. The SMILES string of the molecule is C.[C-]#[N+]c1cc(Oc2ccc(C3(c4ccc(Oc5ccc(-c6nc(-c7ccc(Oc8ccc(C9(c%10ccc(Oc%11ccc(C)c(C#N)c%11)cc%10)c%10ccccc%10C(=O)N9c9ccccc9)cc8)cc7[N+]#[C-])nc(-c7ccc(Oc8ccc(C9(c%10ccc(Oc%11ccc(C)c(C#N)c%11)cc%10)c%10ccccc%10C(=O)N9c9ccccc9)cc8)cc7[N+]#[C-])n6)c(C#N)c5)cc4)c4ccccc4C(=O)N3c3ccccc3)cc2)ccc1C. The number of aromatic nitrogens is 3. The Labute approximate surface area is 853 Å². The van der Waals surface area contributed by atoms with Gasteiger partial charge in [-0.05, 0) is 294 Å². The molecule has 0 saturated carbocycles. The van der Waals surface area contributed by atoms with Crippen LogP contribution in [0.5, 0.6) is 69.0 Å². The van der Waals surface area contributed by atoms with Crippen molar-refractivity contribution in [1.29, 1.82) is 15.8 Å². The molecule has 0 saturated heterocycles. The van der Waals surface area contributed by atoms with E-state index in [4.69, 9.17) is 63.1 Å². The minimum Gasteiger partial charge on any atom is -0.459 e. The van der Waals surface area contributed by atoms with Crippen molar-refractivity contribution in [3.8, 4) is 121 Å². The van der Waals surface area contributed by atoms with E-state index < -0.39 is 16.6 Å². The van der Waals surface area contributed by atoms with Crippen LogP contribution < -0.4 is 43.1 Å². The van der Waals surface area contributed by atoms with Crippen LogP contribution in [-0.4, -0.2) is 32.7 Å². The lowest BCUT2D eigenvalue weighted by Gasteiger charge is -2.40. The number of para-hydroxylation sites is 3. The van der Waals surface area contributed by atoms with E-state index in [1.807, 2.05) is 381 Å². The number of nitriles is 3. The Morgan fingerprint density at radius 2 is 0.466 bits per heavy atom. The highest BCUT2D eigenvalue weighted by atomic mass is 16.5. The number of benzene rings is 18. The largest absolute Gasteiger partial charge is 0.459 e. The number of aryl methyl sites for hydroxylation is 3. The molecule has 3 unspecified atom stereocenters. The smallest absolute Gasteiger partial charge is 0.260 e. The van der Waals surface area contributed by atoms with Crippen molar-refractivity contribution in [1.82, 2.24) is 15.0 Å². The fourth-order valence-corrected chi connectivity index (χ4v) is 20.1. The second-order valence-corrected chi connectivity index (χ2v) is 35.4. The van der Waals surface area contributed by atoms with Gasteiger partial charge in [0.05, 0.1) is 48.5 Å². The molecular weight excluding hydrogens is 1840 g/mol. The molecule has 0 aliphatic carbocycles. The summed E-state index contributed by atoms with van der Waals surface area (Å²) in [5, 5.41) is 31.1. The topological polar surface area (TPSA) is 239 Å². The van der Waals surface area contributed by atoms with Gasteiger partial charge >= 0.3 is 0 Å². The van der Waals surface area contributed by atoms with E-state index >= 15 is 14.4 Å². The lowest BCUT2D eigenvalue weighted by molar-refractivity contribution is 0.0978. The molecule has 18 aromatic carbocycles. The van der Waals surface area contributed by atoms with Crippen molar-refractivity contribution in [3.63, 3.8) is 0 Å². The molecule has 21 heteroatoms. The van der Waals surface area contributed by atoms with Crippen LogP contribution in [0.1, 0.15) is 122 Å². The summed E-state index contributed by atoms with van der Waals surface area (Å²) in [6.45, 7) is 31.0. The van der Waals surface area contributed by atoms with Gasteiger partial charge in [0.25, 0.3) is 17.7 Å². The normalized spacial score (nSPS) is 15.0. The second-order valence-electron chi connectivity index (χ2n) is 35.4. The van der Waals surface area contributed by atoms with Gasteiger partial charge in [-0.25, -0.2) is 29.5 Å². The zero-order valence-corrected chi connectivity index (χ0v) is 78.9. The molecule has 3 atom stereocenters. The maximum Gasteiger partial charge on any atom is 0.260 e. The second kappa shape index (κ2) is 39.0. The predicted octanol–water partition coefficient (Wildman–Crippen LogP) is 30.3. The highest BCUT2D eigenvalue weighted by Gasteiger charge is 2.56. The number of nitrogens with zero attached hydrogens (tertiary/aromatic N) is 12. The molecule has 0 bridgehead atoms. The van der Waals surface area contributed by atoms with Crippen LogP contribution in [-0.2, 0) is 16.6 Å². The quantitative estimate of drug-likeness (QED) is 0.0511. The van der Waals surface area contributed by atoms with Crippen molar-refractivity contribution >= 4 is 51.8 Å². The molecule has 0 radical (unpaired) electrons. The number of anilines is 3. The van der Waals surface area contributed by atoms with Gasteiger partial charge in [0.2, 0.25) is 11.4 Å². The van der Waals surface area contributed by atoms with E-state index in [-0.39, 0.29) is 93.5 Å². The first kappa shape index (κ1) is 93.4. The van der Waals surface area contributed by atoms with Crippen molar-refractivity contribution in [3.05, 3.63) is 553 Å². The number of rotatable bonds is 24. The molecular formula is C127H82N12O9. The summed E-state index contributed by atoms with van der Waals surface area (Å²) in [4.78, 5) is 78.0. The highest BCUT2D eigenvalue weighted by Crippen LogP contribution is 2.57. The van der Waals surface area contributed by atoms with E-state index in [0.717, 1.165) is 66.8 Å². The Morgan fingerprint density at radius 1 is 0.243 bits per heavy atom. The van der Waals surface area contributed by atoms with Crippen LogP contribution >= 0.6 is 0 Å². The molecule has 0 N–H and O–H groups in total. The first-order valence-corrected chi connectivity index (χ1v) is 47.0. The third-order valence-corrected chi connectivity index (χ3v) is 27.0. The molecule has 3 aliphatic rings. The number of hydrogen-bond acceptors (Lipinski definition) is 15. The van der Waals surface area contributed by atoms with Crippen LogP contribution in [0.15, 0.2) is 419 Å². The molecule has 704 valence electrons. The van der Waals surface area contributed by atoms with Crippen LogP contribution in [0.3, 0.4) is 0 Å². The highest BCUT2D eigenvalue weighted by molar-refractivity contribution is 6.16. The fraction of sp³-hybridized carbons (Fsp3) is 0.0551. The summed E-state index contributed by atoms with van der Waals surface area (Å²) in [6, 6.07) is 134. The maximum atomic E-state index is 15.2. The van der Waals surface area contributed by atoms with E-state index in [9.17, 15) is 15.8 Å². The summed E-state index contributed by atoms with van der Waals surface area (Å²) >= 11 is 0. The molecule has 1 aromatic heterocycles. The van der Waals surface area contributed by atoms with Gasteiger partial charge in [0.1, 0.15) is 91.7 Å². The van der Waals surface area contributed by atoms with Gasteiger partial charge in [-0.2, -0.15) is 15.8 Å². The summed E-state index contributed by atoms with van der Waals surface area (Å²) in [5.74, 6) is 4.45. The standard InChI is InChI=1S/C126H78N12O9.CH4/c1-79-34-49-100(70-82(79)76-127)142-94-52-37-85(38-53-94)124(112-31-19-16-28-107(112)121(139)136(124)91-22-10-7-11-23-91)89-45-60-98(61-46-89)146-104-65-68-110(116(74-104)131-5)119-133-118(106-67-64-102(72-84(106)78-129)144-96-56-41-87(42-57-96)126(88-43-58-97(59-44-88)145-103-51-36-81(3)115(73-103)130-4)114-33-21-18-30-109(114)123(141)138(126)93-26-14-9-15-27-93)134-120(135-119)111-69-66-105(75-117(111)132-6)147-99-62-47-90(48-63-99)125(86-39-54-95(55-40-86)143-101-50-35-80(2)83(71-101)77-128)113-32-20-17-29-108(113)122(140)137(125)92-24-12-8-13-25-92;/h7-75H,1-3H3;1H4. The lowest BCUT2D eigenvalue weighted by atomic mass is 9.76. The number of carbonyl (C=O) groups excluding carboxylic acids is 3. The molecule has 3 aliphatic heterocycles. The third-order valence-electron chi connectivity index (χ3n) is 27.0. The van der Waals surface area contributed by atoms with Crippen LogP contribution in [0, 0.1) is 74.5 Å². The van der Waals surface area contributed by atoms with Gasteiger partial charge in [-0.1, -0.05) is 220 Å². The molecule has 148 heavy (non-hydrogen) atoms. The van der Waals surface area contributed by atoms with Crippen molar-refractivity contribution in [2.24, 2.45) is 0 Å². The summed E-state index contributed by atoms with van der Waals surface area (Å²) in [5.41, 5.74) is 11.4. The first-order valence-electron chi connectivity index (χ1n) is 47.0. The van der Waals surface area contributed by atoms with Gasteiger partial charge < -0.3 is 28.4 Å². The molecule has 21 nitrogen and oxygen atoms in total. The van der Waals surface area contributed by atoms with Crippen molar-refractivity contribution < 1.29 is 42.8 Å². The molecule has 0 spiro atoms. The van der Waals surface area contributed by atoms with Crippen LogP contribution in [0.25, 0.3) is 48.7 Å². The van der Waals surface area contributed by atoms with E-state index in [0.29, 0.717) is 102 Å². The molecule has 19 aromatic rings. The van der Waals surface area contributed by atoms with Gasteiger partial charge in [0.15, 0.2) is 23.2 Å². The Kier molecular flexibility index (Phi) is 24.6. The van der Waals surface area contributed by atoms with Crippen LogP contribution in [0.4, 0.5) is 34.1 Å². The minimum absolute atomic E-state index is 0. The Bertz CT molecular complexity index is 7980. The molecule has 0 fully saturated rings. The third kappa shape index (κ3) is 16.5. The number of fused-ring (bicyclic) bond motifs is 3. The molecule has 3 amide bonds. The van der Waals surface area contributed by atoms with Gasteiger partial charge in [-0.15, -0.1) is 0 Å². The van der Waals surface area contributed by atoms with E-state index in [1.165, 1.54) is 0 Å². The summed E-state index contributed by atoms with van der Waals surface area (Å²) < 4.78 is 39.1. The predicted molar refractivity (Wildman–Crippen MR) is 567 cm³/mol.